The number of nitrogens with zero attached hydrogens (tertiary/aromatic N) is 4. The van der Waals surface area contributed by atoms with Crippen molar-refractivity contribution in [1.29, 1.82) is 0 Å². The molecule has 29 heavy (non-hydrogen) atoms. The highest BCUT2D eigenvalue weighted by atomic mass is 32.2. The van der Waals surface area contributed by atoms with E-state index in [1.807, 2.05) is 0 Å². The van der Waals surface area contributed by atoms with E-state index < -0.39 is 10.0 Å². The zero-order valence-corrected chi connectivity index (χ0v) is 17.5. The predicted octanol–water partition coefficient (Wildman–Crippen LogP) is 1.80. The maximum Gasteiger partial charge on any atom is 0.269 e. The number of carbonyl (C=O) groups excluding carboxylic acids is 1. The third-order valence-electron chi connectivity index (χ3n) is 5.11. The van der Waals surface area contributed by atoms with Gasteiger partial charge in [0.1, 0.15) is 4.88 Å². The largest absolute Gasteiger partial charge is 0.379 e. The summed E-state index contributed by atoms with van der Waals surface area (Å²) in [7, 11) is -3.66. The van der Waals surface area contributed by atoms with Gasteiger partial charge in [-0.15, -0.1) is 5.10 Å². The fourth-order valence-electron chi connectivity index (χ4n) is 3.57. The van der Waals surface area contributed by atoms with Gasteiger partial charge in [0.25, 0.3) is 5.91 Å². The Morgan fingerprint density at radius 1 is 1.10 bits per heavy atom. The van der Waals surface area contributed by atoms with Crippen LogP contribution in [0.4, 0.5) is 11.4 Å². The maximum absolute atomic E-state index is 13.1. The van der Waals surface area contributed by atoms with E-state index in [2.05, 4.69) is 19.8 Å². The van der Waals surface area contributed by atoms with Gasteiger partial charge < -0.3 is 15.0 Å². The van der Waals surface area contributed by atoms with Crippen LogP contribution in [0.5, 0.6) is 0 Å². The maximum atomic E-state index is 13.1. The van der Waals surface area contributed by atoms with Crippen LogP contribution in [0.1, 0.15) is 28.9 Å². The number of carbonyl (C=O) groups is 1. The summed E-state index contributed by atoms with van der Waals surface area (Å²) in [5.74, 6) is -0.348. The van der Waals surface area contributed by atoms with Crippen LogP contribution in [0.25, 0.3) is 0 Å². The molecule has 1 N–H and O–H groups in total. The molecule has 156 valence electrons. The molecule has 11 heteroatoms. The average molecular weight is 438 g/mol. The predicted molar refractivity (Wildman–Crippen MR) is 110 cm³/mol. The van der Waals surface area contributed by atoms with Gasteiger partial charge in [-0.2, -0.15) is 4.31 Å². The van der Waals surface area contributed by atoms with Gasteiger partial charge in [-0.1, -0.05) is 4.49 Å². The lowest BCUT2D eigenvalue weighted by Gasteiger charge is -2.31. The van der Waals surface area contributed by atoms with Crippen LogP contribution >= 0.6 is 11.5 Å². The molecule has 0 atom stereocenters. The fraction of sp³-hybridized carbons (Fsp3) is 0.500. The molecular weight excluding hydrogens is 414 g/mol. The topological polar surface area (TPSA) is 105 Å². The van der Waals surface area contributed by atoms with E-state index in [9.17, 15) is 13.2 Å². The summed E-state index contributed by atoms with van der Waals surface area (Å²) in [5.41, 5.74) is 1.32. The van der Waals surface area contributed by atoms with Crippen LogP contribution in [0.2, 0.25) is 0 Å². The number of nitrogens with one attached hydrogen (secondary N) is 1. The third kappa shape index (κ3) is 4.42. The molecule has 2 aliphatic heterocycles. The molecule has 1 aromatic heterocycles. The zero-order chi connectivity index (χ0) is 20.3. The van der Waals surface area contributed by atoms with Gasteiger partial charge in [0.05, 0.1) is 35.7 Å². The number of amides is 1. The summed E-state index contributed by atoms with van der Waals surface area (Å²) in [6.07, 6.45) is 4.71. The molecule has 0 aliphatic carbocycles. The number of hydrogen-bond acceptors (Lipinski definition) is 8. The Balaban J connectivity index is 1.68. The lowest BCUT2D eigenvalue weighted by Crippen LogP contribution is -2.40. The lowest BCUT2D eigenvalue weighted by atomic mass is 10.1. The van der Waals surface area contributed by atoms with E-state index in [4.69, 9.17) is 4.74 Å². The van der Waals surface area contributed by atoms with Crippen molar-refractivity contribution in [2.45, 2.75) is 24.2 Å². The Kier molecular flexibility index (Phi) is 6.09. The summed E-state index contributed by atoms with van der Waals surface area (Å²) in [6.45, 7) is 3.16. The molecule has 2 aromatic rings. The molecule has 0 saturated carbocycles. The Morgan fingerprint density at radius 3 is 2.55 bits per heavy atom. The lowest BCUT2D eigenvalue weighted by molar-refractivity contribution is 0.0730. The Labute approximate surface area is 173 Å². The molecule has 0 bridgehead atoms. The van der Waals surface area contributed by atoms with E-state index >= 15 is 0 Å². The Hall–Kier alpha value is -2.08. The van der Waals surface area contributed by atoms with Crippen LogP contribution in [-0.2, 0) is 14.8 Å². The Bertz CT molecular complexity index is 953. The minimum Gasteiger partial charge on any atom is -0.379 e. The molecule has 1 amide bonds. The number of piperidine rings is 1. The SMILES string of the molecule is O=C(Nc1cc(S(=O)(=O)N2CCOCC2)ccc1N1CCCCC1)c1cnns1. The summed E-state index contributed by atoms with van der Waals surface area (Å²) in [6, 6.07) is 4.97. The molecule has 3 heterocycles. The number of morpholine rings is 1. The molecule has 9 nitrogen and oxygen atoms in total. The van der Waals surface area contributed by atoms with Crippen LogP contribution in [0.3, 0.4) is 0 Å². The van der Waals surface area contributed by atoms with Gasteiger partial charge in [-0.25, -0.2) is 8.42 Å². The van der Waals surface area contributed by atoms with Gasteiger partial charge >= 0.3 is 0 Å². The van der Waals surface area contributed by atoms with Crippen molar-refractivity contribution in [1.82, 2.24) is 13.9 Å². The van der Waals surface area contributed by atoms with Gasteiger partial charge in [-0.3, -0.25) is 4.79 Å². The second-order valence-electron chi connectivity index (χ2n) is 6.98. The number of hydrogen-bond donors (Lipinski definition) is 1. The van der Waals surface area contributed by atoms with Gasteiger partial charge in [0.2, 0.25) is 10.0 Å². The highest BCUT2D eigenvalue weighted by Crippen LogP contribution is 2.32. The van der Waals surface area contributed by atoms with Crippen molar-refractivity contribution in [3.63, 3.8) is 0 Å². The smallest absolute Gasteiger partial charge is 0.269 e. The van der Waals surface area contributed by atoms with Crippen LogP contribution in [0.15, 0.2) is 29.3 Å². The summed E-state index contributed by atoms with van der Waals surface area (Å²) < 4.78 is 36.5. The van der Waals surface area contributed by atoms with Crippen molar-refractivity contribution in [2.24, 2.45) is 0 Å². The van der Waals surface area contributed by atoms with E-state index in [0.717, 1.165) is 43.2 Å². The van der Waals surface area contributed by atoms with Gasteiger partial charge in [0.15, 0.2) is 0 Å². The van der Waals surface area contributed by atoms with Crippen molar-refractivity contribution in [3.8, 4) is 0 Å². The first-order chi connectivity index (χ1) is 14.1. The zero-order valence-electron chi connectivity index (χ0n) is 15.9. The number of aromatic nitrogens is 2. The summed E-state index contributed by atoms with van der Waals surface area (Å²) in [4.78, 5) is 15.3. The first-order valence-corrected chi connectivity index (χ1v) is 11.8. The number of benzene rings is 1. The molecule has 0 radical (unpaired) electrons. The second kappa shape index (κ2) is 8.74. The van der Waals surface area contributed by atoms with E-state index in [1.54, 1.807) is 18.2 Å². The molecular formula is C18H23N5O4S2. The monoisotopic (exact) mass is 437 g/mol. The molecule has 0 spiro atoms. The molecule has 2 fully saturated rings. The number of rotatable bonds is 5. The Morgan fingerprint density at radius 2 is 1.86 bits per heavy atom. The molecule has 2 aliphatic rings. The average Bonchev–Trinajstić information content (AvgIpc) is 3.30. The standard InChI is InChI=1S/C18H23N5O4S2/c24-18(17-13-19-21-28-17)20-15-12-14(29(25,26)23-8-10-27-11-9-23)4-5-16(15)22-6-2-1-3-7-22/h4-5,12-13H,1-3,6-11H2,(H,20,24). The van der Waals surface area contributed by atoms with Crippen LogP contribution in [-0.4, -0.2) is 67.6 Å². The highest BCUT2D eigenvalue weighted by Gasteiger charge is 2.28. The van der Waals surface area contributed by atoms with E-state index in [0.29, 0.717) is 36.9 Å². The van der Waals surface area contributed by atoms with Crippen LogP contribution < -0.4 is 10.2 Å². The van der Waals surface area contributed by atoms with Gasteiger partial charge in [0, 0.05) is 26.2 Å². The minimum absolute atomic E-state index is 0.165. The van der Waals surface area contributed by atoms with Gasteiger partial charge in [-0.05, 0) is 49.0 Å². The fourth-order valence-corrected chi connectivity index (χ4v) is 5.42. The quantitative estimate of drug-likeness (QED) is 0.760. The number of sulfonamides is 1. The molecule has 0 unspecified atom stereocenters. The molecule has 1 aromatic carbocycles. The molecule has 2 saturated heterocycles. The summed E-state index contributed by atoms with van der Waals surface area (Å²) >= 11 is 0.997. The van der Waals surface area contributed by atoms with Crippen molar-refractivity contribution in [2.75, 3.05) is 49.6 Å². The van der Waals surface area contributed by atoms with Crippen LogP contribution in [0, 0.1) is 0 Å². The first-order valence-electron chi connectivity index (χ1n) is 9.61. The minimum atomic E-state index is -3.66. The number of ether oxygens (including phenoxy) is 1. The van der Waals surface area contributed by atoms with E-state index in [1.165, 1.54) is 16.9 Å². The van der Waals surface area contributed by atoms with E-state index in [-0.39, 0.29) is 10.8 Å². The number of anilines is 2. The molecule has 4 rings (SSSR count). The highest BCUT2D eigenvalue weighted by molar-refractivity contribution is 7.89. The summed E-state index contributed by atoms with van der Waals surface area (Å²) in [5, 5.41) is 6.57. The first kappa shape index (κ1) is 20.2. The van der Waals surface area contributed by atoms with Crippen molar-refractivity contribution >= 4 is 38.8 Å². The van der Waals surface area contributed by atoms with Crippen molar-refractivity contribution in [3.05, 3.63) is 29.3 Å². The third-order valence-corrected chi connectivity index (χ3v) is 7.66. The second-order valence-corrected chi connectivity index (χ2v) is 9.70. The normalized spacial score (nSPS) is 18.6. The van der Waals surface area contributed by atoms with Crippen molar-refractivity contribution < 1.29 is 17.9 Å².